The molecule has 1 aliphatic rings. The van der Waals surface area contributed by atoms with E-state index in [4.69, 9.17) is 4.74 Å². The predicted octanol–water partition coefficient (Wildman–Crippen LogP) is 3.01. The van der Waals surface area contributed by atoms with Gasteiger partial charge in [-0.3, -0.25) is 0 Å². The Kier molecular flexibility index (Phi) is 2.94. The van der Waals surface area contributed by atoms with Crippen molar-refractivity contribution in [1.82, 2.24) is 4.90 Å². The summed E-state index contributed by atoms with van der Waals surface area (Å²) in [5.74, 6) is 1.57. The number of hydrogen-bond donors (Lipinski definition) is 0. The van der Waals surface area contributed by atoms with E-state index in [0.29, 0.717) is 12.0 Å². The maximum Gasteiger partial charge on any atom is 0.124 e. The summed E-state index contributed by atoms with van der Waals surface area (Å²) in [5.41, 5.74) is 2.63. The Balaban J connectivity index is 2.49. The number of ether oxygens (including phenoxy) is 1. The molecule has 0 aliphatic carbocycles. The molecular formula is C14H21NO. The third-order valence-corrected chi connectivity index (χ3v) is 3.59. The fraction of sp³-hybridized carbons (Fsp3) is 0.571. The van der Waals surface area contributed by atoms with Crippen LogP contribution in [-0.4, -0.2) is 25.1 Å². The van der Waals surface area contributed by atoms with Gasteiger partial charge in [0.15, 0.2) is 0 Å². The van der Waals surface area contributed by atoms with E-state index in [9.17, 15) is 0 Å². The maximum absolute atomic E-state index is 5.95. The first-order chi connectivity index (χ1) is 7.50. The molecular weight excluding hydrogens is 198 g/mol. The molecule has 0 bridgehead atoms. The van der Waals surface area contributed by atoms with Crippen LogP contribution in [0.5, 0.6) is 5.75 Å². The highest BCUT2D eigenvalue weighted by molar-refractivity contribution is 5.41. The van der Waals surface area contributed by atoms with Gasteiger partial charge in [0.1, 0.15) is 11.9 Å². The lowest BCUT2D eigenvalue weighted by atomic mass is 9.86. The van der Waals surface area contributed by atoms with Crippen molar-refractivity contribution in [1.29, 1.82) is 0 Å². The Hall–Kier alpha value is -1.02. The zero-order valence-electron chi connectivity index (χ0n) is 10.8. The van der Waals surface area contributed by atoms with E-state index >= 15 is 0 Å². The number of nitrogens with zero attached hydrogens (tertiary/aromatic N) is 1. The molecule has 0 spiro atoms. The Bertz CT molecular complexity index is 386. The molecule has 0 aromatic heterocycles. The van der Waals surface area contributed by atoms with Gasteiger partial charge in [-0.1, -0.05) is 24.6 Å². The summed E-state index contributed by atoms with van der Waals surface area (Å²) in [6.07, 6.45) is 0.280. The van der Waals surface area contributed by atoms with Gasteiger partial charge in [0.25, 0.3) is 0 Å². The van der Waals surface area contributed by atoms with Crippen molar-refractivity contribution >= 4 is 0 Å². The standard InChI is InChI=1S/C14H21NO/c1-9-6-7-13-12(8-9)14(15(4)5)10(2)11(3)16-13/h6-8,10-11,14H,1-5H3. The van der Waals surface area contributed by atoms with Gasteiger partial charge in [-0.25, -0.2) is 0 Å². The molecule has 0 amide bonds. The van der Waals surface area contributed by atoms with Gasteiger partial charge in [-0.15, -0.1) is 0 Å². The zero-order valence-corrected chi connectivity index (χ0v) is 10.8. The summed E-state index contributed by atoms with van der Waals surface area (Å²) in [7, 11) is 4.29. The normalized spacial score (nSPS) is 28.8. The molecule has 3 unspecified atom stereocenters. The molecule has 1 aliphatic heterocycles. The van der Waals surface area contributed by atoms with E-state index in [1.165, 1.54) is 11.1 Å². The largest absolute Gasteiger partial charge is 0.490 e. The molecule has 16 heavy (non-hydrogen) atoms. The molecule has 0 radical (unpaired) electrons. The van der Waals surface area contributed by atoms with Crippen LogP contribution >= 0.6 is 0 Å². The smallest absolute Gasteiger partial charge is 0.124 e. The van der Waals surface area contributed by atoms with E-state index in [0.717, 1.165) is 5.75 Å². The Labute approximate surface area is 98.2 Å². The number of fused-ring (bicyclic) bond motifs is 1. The quantitative estimate of drug-likeness (QED) is 0.720. The third kappa shape index (κ3) is 1.82. The molecule has 0 saturated heterocycles. The summed E-state index contributed by atoms with van der Waals surface area (Å²) >= 11 is 0. The number of aryl methyl sites for hydroxylation is 1. The van der Waals surface area contributed by atoms with Crippen molar-refractivity contribution in [2.75, 3.05) is 14.1 Å². The van der Waals surface area contributed by atoms with Crippen LogP contribution in [0.15, 0.2) is 18.2 Å². The van der Waals surface area contributed by atoms with Crippen LogP contribution in [-0.2, 0) is 0 Å². The first-order valence-corrected chi connectivity index (χ1v) is 5.94. The second-order valence-corrected chi connectivity index (χ2v) is 5.13. The summed E-state index contributed by atoms with van der Waals surface area (Å²) < 4.78 is 5.95. The minimum Gasteiger partial charge on any atom is -0.490 e. The average molecular weight is 219 g/mol. The first kappa shape index (κ1) is 11.5. The summed E-state index contributed by atoms with van der Waals surface area (Å²) in [6, 6.07) is 6.93. The van der Waals surface area contributed by atoms with Gasteiger partial charge in [-0.05, 0) is 34.0 Å². The van der Waals surface area contributed by atoms with Crippen LogP contribution in [0.3, 0.4) is 0 Å². The Morgan fingerprint density at radius 2 is 1.88 bits per heavy atom. The highest BCUT2D eigenvalue weighted by atomic mass is 16.5. The van der Waals surface area contributed by atoms with Crippen LogP contribution < -0.4 is 4.74 Å². The van der Waals surface area contributed by atoms with Crippen molar-refractivity contribution < 1.29 is 4.74 Å². The van der Waals surface area contributed by atoms with E-state index < -0.39 is 0 Å². The molecule has 2 rings (SSSR count). The molecule has 3 atom stereocenters. The highest BCUT2D eigenvalue weighted by Crippen LogP contribution is 2.41. The summed E-state index contributed by atoms with van der Waals surface area (Å²) in [6.45, 7) is 6.56. The Morgan fingerprint density at radius 1 is 1.19 bits per heavy atom. The summed E-state index contributed by atoms with van der Waals surface area (Å²) in [5, 5.41) is 0. The number of hydrogen-bond acceptors (Lipinski definition) is 2. The molecule has 1 heterocycles. The topological polar surface area (TPSA) is 12.5 Å². The predicted molar refractivity (Wildman–Crippen MR) is 66.9 cm³/mol. The Morgan fingerprint density at radius 3 is 2.50 bits per heavy atom. The monoisotopic (exact) mass is 219 g/mol. The SMILES string of the molecule is Cc1ccc2c(c1)C(N(C)C)C(C)C(C)O2. The molecule has 1 aromatic carbocycles. The molecule has 0 saturated carbocycles. The second kappa shape index (κ2) is 4.10. The van der Waals surface area contributed by atoms with Gasteiger partial charge in [0.05, 0.1) is 0 Å². The minimum absolute atomic E-state index is 0.280. The fourth-order valence-electron chi connectivity index (χ4n) is 2.60. The van der Waals surface area contributed by atoms with Crippen molar-refractivity contribution in [3.63, 3.8) is 0 Å². The second-order valence-electron chi connectivity index (χ2n) is 5.13. The van der Waals surface area contributed by atoms with Crippen LogP contribution in [0, 0.1) is 12.8 Å². The maximum atomic E-state index is 5.95. The molecule has 88 valence electrons. The fourth-order valence-corrected chi connectivity index (χ4v) is 2.60. The van der Waals surface area contributed by atoms with Crippen LogP contribution in [0.25, 0.3) is 0 Å². The van der Waals surface area contributed by atoms with E-state index in [1.54, 1.807) is 0 Å². The number of benzene rings is 1. The minimum atomic E-state index is 0.280. The van der Waals surface area contributed by atoms with Crippen molar-refractivity contribution in [2.24, 2.45) is 5.92 Å². The molecule has 0 fully saturated rings. The number of rotatable bonds is 1. The lowest BCUT2D eigenvalue weighted by molar-refractivity contribution is 0.0669. The molecule has 0 N–H and O–H groups in total. The molecule has 2 nitrogen and oxygen atoms in total. The van der Waals surface area contributed by atoms with E-state index in [-0.39, 0.29) is 6.10 Å². The van der Waals surface area contributed by atoms with Crippen molar-refractivity contribution in [3.05, 3.63) is 29.3 Å². The van der Waals surface area contributed by atoms with Crippen molar-refractivity contribution in [2.45, 2.75) is 32.9 Å². The highest BCUT2D eigenvalue weighted by Gasteiger charge is 2.34. The van der Waals surface area contributed by atoms with Gasteiger partial charge in [0.2, 0.25) is 0 Å². The van der Waals surface area contributed by atoms with Gasteiger partial charge in [0, 0.05) is 17.5 Å². The zero-order chi connectivity index (χ0) is 11.9. The molecule has 1 aromatic rings. The van der Waals surface area contributed by atoms with Crippen LogP contribution in [0.1, 0.15) is 31.0 Å². The average Bonchev–Trinajstić information content (AvgIpc) is 2.20. The van der Waals surface area contributed by atoms with E-state index in [1.807, 2.05) is 0 Å². The van der Waals surface area contributed by atoms with Gasteiger partial charge >= 0.3 is 0 Å². The lowest BCUT2D eigenvalue weighted by Gasteiger charge is -2.40. The third-order valence-electron chi connectivity index (χ3n) is 3.59. The molecule has 2 heteroatoms. The van der Waals surface area contributed by atoms with Gasteiger partial charge in [-0.2, -0.15) is 0 Å². The van der Waals surface area contributed by atoms with Crippen molar-refractivity contribution in [3.8, 4) is 5.75 Å². The van der Waals surface area contributed by atoms with Crippen LogP contribution in [0.4, 0.5) is 0 Å². The lowest BCUT2D eigenvalue weighted by Crippen LogP contribution is -2.38. The van der Waals surface area contributed by atoms with Gasteiger partial charge < -0.3 is 9.64 Å². The van der Waals surface area contributed by atoms with Crippen LogP contribution in [0.2, 0.25) is 0 Å². The summed E-state index contributed by atoms with van der Waals surface area (Å²) in [4.78, 5) is 2.29. The first-order valence-electron chi connectivity index (χ1n) is 5.94. The van der Waals surface area contributed by atoms with E-state index in [2.05, 4.69) is 58.0 Å².